The van der Waals surface area contributed by atoms with Crippen molar-refractivity contribution in [1.82, 2.24) is 0 Å². The zero-order valence-electron chi connectivity index (χ0n) is 12.8. The van der Waals surface area contributed by atoms with Crippen molar-refractivity contribution in [3.63, 3.8) is 0 Å². The summed E-state index contributed by atoms with van der Waals surface area (Å²) < 4.78 is 15.2. The zero-order valence-corrected chi connectivity index (χ0v) is 12.8. The molecule has 1 heterocycles. The Hall–Kier alpha value is -2.50. The Kier molecular flexibility index (Phi) is 4.70. The van der Waals surface area contributed by atoms with E-state index in [1.807, 2.05) is 13.0 Å². The van der Waals surface area contributed by atoms with Crippen LogP contribution in [0.5, 0.6) is 11.5 Å². The first-order valence-corrected chi connectivity index (χ1v) is 6.81. The third-order valence-electron chi connectivity index (χ3n) is 3.39. The van der Waals surface area contributed by atoms with Crippen LogP contribution in [0.2, 0.25) is 0 Å². The highest BCUT2D eigenvalue weighted by Gasteiger charge is 2.28. The van der Waals surface area contributed by atoms with Gasteiger partial charge in [0.1, 0.15) is 24.7 Å². The fourth-order valence-corrected chi connectivity index (χ4v) is 2.27. The SMILES string of the molecule is COc1c(CC=C(C)COC(C)=O)c(O)cc2c1COC2=O. The molecule has 0 aromatic heterocycles. The topological polar surface area (TPSA) is 82.1 Å². The molecule has 1 aliphatic rings. The van der Waals surface area contributed by atoms with Crippen molar-refractivity contribution >= 4 is 11.9 Å². The number of benzene rings is 1. The number of fused-ring (bicyclic) bond motifs is 1. The summed E-state index contributed by atoms with van der Waals surface area (Å²) in [6, 6.07) is 1.40. The van der Waals surface area contributed by atoms with E-state index in [0.717, 1.165) is 5.57 Å². The van der Waals surface area contributed by atoms with Gasteiger partial charge in [-0.3, -0.25) is 4.79 Å². The summed E-state index contributed by atoms with van der Waals surface area (Å²) in [5, 5.41) is 10.1. The van der Waals surface area contributed by atoms with Crippen LogP contribution in [-0.2, 0) is 27.3 Å². The minimum atomic E-state index is -0.461. The first-order chi connectivity index (χ1) is 10.4. The molecule has 118 valence electrons. The summed E-state index contributed by atoms with van der Waals surface area (Å²) in [7, 11) is 1.48. The van der Waals surface area contributed by atoms with Crippen molar-refractivity contribution in [3.8, 4) is 11.5 Å². The van der Waals surface area contributed by atoms with Gasteiger partial charge in [0, 0.05) is 18.1 Å². The Morgan fingerprint density at radius 2 is 2.18 bits per heavy atom. The Labute approximate surface area is 128 Å². The molecule has 0 unspecified atom stereocenters. The number of esters is 2. The quantitative estimate of drug-likeness (QED) is 0.663. The molecule has 6 heteroatoms. The maximum absolute atomic E-state index is 11.6. The van der Waals surface area contributed by atoms with Gasteiger partial charge in [0.05, 0.1) is 12.7 Å². The number of phenolic OH excluding ortho intramolecular Hbond substituents is 1. The predicted octanol–water partition coefficient (Wildman–Crippen LogP) is 2.12. The molecule has 0 radical (unpaired) electrons. The van der Waals surface area contributed by atoms with E-state index in [-0.39, 0.29) is 24.9 Å². The van der Waals surface area contributed by atoms with Crippen molar-refractivity contribution in [2.75, 3.05) is 13.7 Å². The third-order valence-corrected chi connectivity index (χ3v) is 3.39. The van der Waals surface area contributed by atoms with Gasteiger partial charge < -0.3 is 19.3 Å². The van der Waals surface area contributed by atoms with E-state index in [2.05, 4.69) is 0 Å². The summed E-state index contributed by atoms with van der Waals surface area (Å²) >= 11 is 0. The number of methoxy groups -OCH3 is 1. The Morgan fingerprint density at radius 1 is 1.45 bits per heavy atom. The van der Waals surface area contributed by atoms with Gasteiger partial charge >= 0.3 is 11.9 Å². The van der Waals surface area contributed by atoms with E-state index < -0.39 is 5.97 Å². The second-order valence-electron chi connectivity index (χ2n) is 5.04. The van der Waals surface area contributed by atoms with Gasteiger partial charge in [0.25, 0.3) is 0 Å². The van der Waals surface area contributed by atoms with E-state index in [0.29, 0.717) is 28.9 Å². The summed E-state index contributed by atoms with van der Waals surface area (Å²) in [5.74, 6) is -0.374. The number of hydrogen-bond acceptors (Lipinski definition) is 6. The fraction of sp³-hybridized carbons (Fsp3) is 0.375. The molecule has 6 nitrogen and oxygen atoms in total. The maximum atomic E-state index is 11.6. The van der Waals surface area contributed by atoms with Gasteiger partial charge in [0.2, 0.25) is 0 Å². The highest BCUT2D eigenvalue weighted by atomic mass is 16.5. The molecule has 0 fully saturated rings. The average molecular weight is 306 g/mol. The minimum Gasteiger partial charge on any atom is -0.507 e. The number of carbonyl (C=O) groups is 2. The minimum absolute atomic E-state index is 0.0222. The Balaban J connectivity index is 2.26. The van der Waals surface area contributed by atoms with Crippen molar-refractivity contribution in [3.05, 3.63) is 34.4 Å². The van der Waals surface area contributed by atoms with Crippen LogP contribution in [0.1, 0.15) is 35.3 Å². The molecule has 0 spiro atoms. The molecule has 1 aromatic carbocycles. The molecule has 0 atom stereocenters. The normalized spacial score (nSPS) is 13.6. The van der Waals surface area contributed by atoms with Crippen LogP contribution in [0.3, 0.4) is 0 Å². The maximum Gasteiger partial charge on any atom is 0.339 e. The van der Waals surface area contributed by atoms with Crippen LogP contribution in [-0.4, -0.2) is 30.8 Å². The number of hydrogen-bond donors (Lipinski definition) is 1. The number of cyclic esters (lactones) is 1. The summed E-state index contributed by atoms with van der Waals surface area (Å²) in [4.78, 5) is 22.3. The summed E-state index contributed by atoms with van der Waals surface area (Å²) in [5.41, 5.74) is 2.40. The second-order valence-corrected chi connectivity index (χ2v) is 5.04. The molecule has 0 amide bonds. The van der Waals surface area contributed by atoms with Crippen molar-refractivity contribution in [1.29, 1.82) is 0 Å². The highest BCUT2D eigenvalue weighted by Crippen LogP contribution is 2.38. The van der Waals surface area contributed by atoms with E-state index >= 15 is 0 Å². The third kappa shape index (κ3) is 3.21. The number of allylic oxidation sites excluding steroid dienone is 1. The molecule has 22 heavy (non-hydrogen) atoms. The van der Waals surface area contributed by atoms with Crippen LogP contribution in [0, 0.1) is 0 Å². The van der Waals surface area contributed by atoms with Crippen molar-refractivity contribution < 1.29 is 28.9 Å². The predicted molar refractivity (Wildman–Crippen MR) is 77.9 cm³/mol. The number of rotatable bonds is 5. The lowest BCUT2D eigenvalue weighted by Gasteiger charge is -2.13. The van der Waals surface area contributed by atoms with Crippen LogP contribution in [0.25, 0.3) is 0 Å². The number of phenols is 1. The largest absolute Gasteiger partial charge is 0.507 e. The number of ether oxygens (including phenoxy) is 3. The van der Waals surface area contributed by atoms with E-state index in [1.54, 1.807) is 0 Å². The Bertz CT molecular complexity index is 645. The molecule has 0 saturated heterocycles. The van der Waals surface area contributed by atoms with E-state index in [1.165, 1.54) is 20.1 Å². The van der Waals surface area contributed by atoms with Crippen molar-refractivity contribution in [2.45, 2.75) is 26.9 Å². The number of aromatic hydroxyl groups is 1. The molecule has 0 aliphatic carbocycles. The first kappa shape index (κ1) is 15.9. The van der Waals surface area contributed by atoms with E-state index in [9.17, 15) is 14.7 Å². The highest BCUT2D eigenvalue weighted by molar-refractivity contribution is 5.95. The average Bonchev–Trinajstić information content (AvgIpc) is 2.83. The van der Waals surface area contributed by atoms with Gasteiger partial charge in [0.15, 0.2) is 0 Å². The molecule has 1 aliphatic heterocycles. The molecular weight excluding hydrogens is 288 g/mol. The molecular formula is C16H18O6. The van der Waals surface area contributed by atoms with Crippen LogP contribution >= 0.6 is 0 Å². The van der Waals surface area contributed by atoms with Crippen LogP contribution in [0.4, 0.5) is 0 Å². The molecule has 1 N–H and O–H groups in total. The van der Waals surface area contributed by atoms with Crippen LogP contribution < -0.4 is 4.74 Å². The first-order valence-electron chi connectivity index (χ1n) is 6.81. The fourth-order valence-electron chi connectivity index (χ4n) is 2.27. The summed E-state index contributed by atoms with van der Waals surface area (Å²) in [6.45, 7) is 3.51. The standard InChI is InChI=1S/C16H18O6/c1-9(7-21-10(2)17)4-5-11-14(18)6-12-13(15(11)20-3)8-22-16(12)19/h4,6,18H,5,7-8H2,1-3H3. The molecule has 0 bridgehead atoms. The monoisotopic (exact) mass is 306 g/mol. The van der Waals surface area contributed by atoms with Gasteiger partial charge in [-0.25, -0.2) is 4.79 Å². The lowest BCUT2D eigenvalue weighted by molar-refractivity contribution is -0.139. The number of carbonyl (C=O) groups excluding carboxylic acids is 2. The van der Waals surface area contributed by atoms with Gasteiger partial charge in [-0.1, -0.05) is 6.08 Å². The zero-order chi connectivity index (χ0) is 16.3. The second kappa shape index (κ2) is 6.51. The lowest BCUT2D eigenvalue weighted by Crippen LogP contribution is -2.02. The smallest absolute Gasteiger partial charge is 0.339 e. The van der Waals surface area contributed by atoms with Gasteiger partial charge in [-0.05, 0) is 25.0 Å². The molecule has 2 rings (SSSR count). The van der Waals surface area contributed by atoms with E-state index in [4.69, 9.17) is 14.2 Å². The molecule has 0 saturated carbocycles. The van der Waals surface area contributed by atoms with Gasteiger partial charge in [-0.15, -0.1) is 0 Å². The van der Waals surface area contributed by atoms with Gasteiger partial charge in [-0.2, -0.15) is 0 Å². The van der Waals surface area contributed by atoms with Crippen molar-refractivity contribution in [2.24, 2.45) is 0 Å². The summed E-state index contributed by atoms with van der Waals surface area (Å²) in [6.07, 6.45) is 2.23. The lowest BCUT2D eigenvalue weighted by atomic mass is 10.00. The van der Waals surface area contributed by atoms with Crippen LogP contribution in [0.15, 0.2) is 17.7 Å². The Morgan fingerprint density at radius 3 is 2.82 bits per heavy atom. The molecule has 1 aromatic rings.